The van der Waals surface area contributed by atoms with Crippen LogP contribution in [-0.4, -0.2) is 32.5 Å². The van der Waals surface area contributed by atoms with Gasteiger partial charge in [-0.15, -0.1) is 0 Å². The molecule has 0 amide bonds. The maximum atomic E-state index is 5.76. The van der Waals surface area contributed by atoms with Crippen LogP contribution in [0.3, 0.4) is 0 Å². The van der Waals surface area contributed by atoms with Gasteiger partial charge in [0.25, 0.3) is 0 Å². The van der Waals surface area contributed by atoms with Gasteiger partial charge in [-0.1, -0.05) is 13.0 Å². The molecule has 5 heteroatoms. The summed E-state index contributed by atoms with van der Waals surface area (Å²) < 4.78 is 22.5. The van der Waals surface area contributed by atoms with Gasteiger partial charge in [-0.3, -0.25) is 0 Å². The third kappa shape index (κ3) is 2.30. The molecule has 3 aliphatic rings. The minimum absolute atomic E-state index is 0.253. The second-order valence-corrected chi connectivity index (χ2v) is 7.06. The van der Waals surface area contributed by atoms with Crippen LogP contribution in [0, 0.1) is 0 Å². The van der Waals surface area contributed by atoms with Crippen molar-refractivity contribution in [1.82, 2.24) is 4.90 Å². The van der Waals surface area contributed by atoms with Crippen LogP contribution in [0.1, 0.15) is 41.6 Å². The smallest absolute Gasteiger partial charge is 0.231 e. The molecule has 3 heterocycles. The van der Waals surface area contributed by atoms with Gasteiger partial charge in [0.05, 0.1) is 20.3 Å². The van der Waals surface area contributed by atoms with Crippen molar-refractivity contribution >= 4 is 11.8 Å². The highest BCUT2D eigenvalue weighted by Gasteiger charge is 2.35. The monoisotopic (exact) mass is 365 g/mol. The van der Waals surface area contributed by atoms with E-state index in [0.717, 1.165) is 42.4 Å². The van der Waals surface area contributed by atoms with Crippen LogP contribution in [0.4, 0.5) is 0 Å². The average molecular weight is 365 g/mol. The van der Waals surface area contributed by atoms with Gasteiger partial charge in [0, 0.05) is 23.4 Å². The van der Waals surface area contributed by atoms with Gasteiger partial charge in [0.1, 0.15) is 0 Å². The van der Waals surface area contributed by atoms with Crippen LogP contribution < -0.4 is 18.9 Å². The first-order valence-electron chi connectivity index (χ1n) is 9.41. The predicted molar refractivity (Wildman–Crippen MR) is 103 cm³/mol. The molecule has 140 valence electrons. The van der Waals surface area contributed by atoms with E-state index in [1.54, 1.807) is 14.2 Å². The van der Waals surface area contributed by atoms with Crippen LogP contribution >= 0.6 is 0 Å². The van der Waals surface area contributed by atoms with E-state index in [-0.39, 0.29) is 6.04 Å². The minimum atomic E-state index is 0.253. The van der Waals surface area contributed by atoms with Gasteiger partial charge in [0.2, 0.25) is 6.79 Å². The van der Waals surface area contributed by atoms with Gasteiger partial charge >= 0.3 is 0 Å². The van der Waals surface area contributed by atoms with Crippen molar-refractivity contribution in [3.05, 3.63) is 46.5 Å². The lowest BCUT2D eigenvalue weighted by atomic mass is 9.85. The second kappa shape index (κ2) is 6.12. The van der Waals surface area contributed by atoms with Gasteiger partial charge < -0.3 is 23.8 Å². The third-order valence-electron chi connectivity index (χ3n) is 5.81. The minimum Gasteiger partial charge on any atom is -0.493 e. The fraction of sp³-hybridized carbons (Fsp3) is 0.364. The van der Waals surface area contributed by atoms with Gasteiger partial charge in [0.15, 0.2) is 23.0 Å². The highest BCUT2D eigenvalue weighted by atomic mass is 16.7. The van der Waals surface area contributed by atoms with Crippen molar-refractivity contribution in [3.8, 4) is 23.0 Å². The van der Waals surface area contributed by atoms with E-state index in [4.69, 9.17) is 18.9 Å². The maximum absolute atomic E-state index is 5.76. The molecule has 1 atom stereocenters. The Hall–Kier alpha value is -2.82. The zero-order valence-corrected chi connectivity index (χ0v) is 15.9. The molecule has 0 N–H and O–H groups in total. The summed E-state index contributed by atoms with van der Waals surface area (Å²) in [5.74, 6) is 3.32. The summed E-state index contributed by atoms with van der Waals surface area (Å²) in [7, 11) is 3.41. The highest BCUT2D eigenvalue weighted by molar-refractivity contribution is 5.88. The molecule has 5 nitrogen and oxygen atoms in total. The Morgan fingerprint density at radius 3 is 2.67 bits per heavy atom. The summed E-state index contributed by atoms with van der Waals surface area (Å²) in [5, 5.41) is 0. The first kappa shape index (κ1) is 16.4. The SMILES string of the molecule is CCC1c2c(ccc(OC)c2OC)C=C2c3cc4c(cc3CCN21)OCO4. The van der Waals surface area contributed by atoms with E-state index in [1.165, 1.54) is 28.0 Å². The predicted octanol–water partition coefficient (Wildman–Crippen LogP) is 4.25. The quantitative estimate of drug-likeness (QED) is 0.813. The molecule has 5 rings (SSSR count). The first-order chi connectivity index (χ1) is 13.2. The van der Waals surface area contributed by atoms with Crippen LogP contribution in [0.5, 0.6) is 23.0 Å². The van der Waals surface area contributed by atoms with Crippen molar-refractivity contribution in [3.63, 3.8) is 0 Å². The molecule has 27 heavy (non-hydrogen) atoms. The molecule has 0 saturated carbocycles. The lowest BCUT2D eigenvalue weighted by molar-refractivity contribution is 0.174. The summed E-state index contributed by atoms with van der Waals surface area (Å²) in [6.07, 6.45) is 4.25. The molecule has 3 aliphatic heterocycles. The van der Waals surface area contributed by atoms with Crippen molar-refractivity contribution in [1.29, 1.82) is 0 Å². The van der Waals surface area contributed by atoms with Crippen LogP contribution in [-0.2, 0) is 6.42 Å². The summed E-state index contributed by atoms with van der Waals surface area (Å²) in [4.78, 5) is 2.49. The molecule has 0 radical (unpaired) electrons. The third-order valence-corrected chi connectivity index (χ3v) is 5.81. The molecular weight excluding hydrogens is 342 g/mol. The van der Waals surface area contributed by atoms with Crippen LogP contribution in [0.25, 0.3) is 11.8 Å². The van der Waals surface area contributed by atoms with E-state index >= 15 is 0 Å². The van der Waals surface area contributed by atoms with Crippen LogP contribution in [0.15, 0.2) is 24.3 Å². The molecule has 0 spiro atoms. The Kier molecular flexibility index (Phi) is 3.71. The largest absolute Gasteiger partial charge is 0.493 e. The summed E-state index contributed by atoms with van der Waals surface area (Å²) in [6, 6.07) is 8.64. The molecule has 0 aliphatic carbocycles. The Bertz CT molecular complexity index is 950. The lowest BCUT2D eigenvalue weighted by Crippen LogP contribution is -2.35. The molecule has 2 aromatic carbocycles. The summed E-state index contributed by atoms with van der Waals surface area (Å²) in [6.45, 7) is 3.50. The Morgan fingerprint density at radius 2 is 1.93 bits per heavy atom. The second-order valence-electron chi connectivity index (χ2n) is 7.06. The zero-order valence-electron chi connectivity index (χ0n) is 15.9. The molecule has 2 aromatic rings. The highest BCUT2D eigenvalue weighted by Crippen LogP contribution is 2.50. The van der Waals surface area contributed by atoms with Gasteiger partial charge in [-0.25, -0.2) is 0 Å². The Labute approximate surface area is 159 Å². The summed E-state index contributed by atoms with van der Waals surface area (Å²) in [5.41, 5.74) is 6.22. The van der Waals surface area contributed by atoms with E-state index in [2.05, 4.69) is 36.1 Å². The molecule has 0 saturated heterocycles. The van der Waals surface area contributed by atoms with Crippen molar-refractivity contribution < 1.29 is 18.9 Å². The number of methoxy groups -OCH3 is 2. The van der Waals surface area contributed by atoms with Crippen molar-refractivity contribution in [2.24, 2.45) is 0 Å². The number of hydrogen-bond donors (Lipinski definition) is 0. The molecule has 0 aromatic heterocycles. The first-order valence-corrected chi connectivity index (χ1v) is 9.41. The number of rotatable bonds is 3. The fourth-order valence-electron chi connectivity index (χ4n) is 4.59. The zero-order chi connectivity index (χ0) is 18.5. The number of ether oxygens (including phenoxy) is 4. The number of nitrogens with zero attached hydrogens (tertiary/aromatic N) is 1. The molecule has 0 bridgehead atoms. The van der Waals surface area contributed by atoms with Crippen LogP contribution in [0.2, 0.25) is 0 Å². The van der Waals surface area contributed by atoms with E-state index in [0.29, 0.717) is 6.79 Å². The maximum Gasteiger partial charge on any atom is 0.231 e. The number of hydrogen-bond acceptors (Lipinski definition) is 5. The lowest BCUT2D eigenvalue weighted by Gasteiger charge is -2.43. The normalized spacial score (nSPS) is 19.0. The van der Waals surface area contributed by atoms with E-state index < -0.39 is 0 Å². The van der Waals surface area contributed by atoms with E-state index in [9.17, 15) is 0 Å². The Balaban J connectivity index is 1.71. The topological polar surface area (TPSA) is 40.2 Å². The molecular formula is C22H23NO4. The average Bonchev–Trinajstić information content (AvgIpc) is 3.16. The Morgan fingerprint density at radius 1 is 1.11 bits per heavy atom. The van der Waals surface area contributed by atoms with Crippen molar-refractivity contribution in [2.45, 2.75) is 25.8 Å². The standard InChI is InChI=1S/C22H23NO4/c1-4-16-21-14(5-6-18(24-2)22(21)25-3)9-17-15-11-20-19(26-12-27-20)10-13(15)7-8-23(16)17/h5-6,9-11,16H,4,7-8,12H2,1-3H3. The molecule has 0 fully saturated rings. The van der Waals surface area contributed by atoms with E-state index in [1.807, 2.05) is 6.07 Å². The van der Waals surface area contributed by atoms with Gasteiger partial charge in [-0.2, -0.15) is 0 Å². The summed E-state index contributed by atoms with van der Waals surface area (Å²) >= 11 is 0. The van der Waals surface area contributed by atoms with Gasteiger partial charge in [-0.05, 0) is 48.2 Å². The molecule has 1 unspecified atom stereocenters. The fourth-order valence-corrected chi connectivity index (χ4v) is 4.59. The number of fused-ring (bicyclic) bond motifs is 5. The van der Waals surface area contributed by atoms with Crippen molar-refractivity contribution in [2.75, 3.05) is 27.6 Å². The number of benzene rings is 2.